The molecule has 1 fully saturated rings. The van der Waals surface area contributed by atoms with Crippen molar-refractivity contribution in [2.75, 3.05) is 31.6 Å². The third-order valence-electron chi connectivity index (χ3n) is 4.87. The number of carbonyl (C=O) groups is 1. The summed E-state index contributed by atoms with van der Waals surface area (Å²) in [6.07, 6.45) is -7.04. The highest BCUT2D eigenvalue weighted by Crippen LogP contribution is 2.20. The lowest BCUT2D eigenvalue weighted by Crippen LogP contribution is -2.58. The average molecular weight is 414 g/mol. The second kappa shape index (κ2) is 12.2. The van der Waals surface area contributed by atoms with Crippen LogP contribution in [0.2, 0.25) is 0 Å². The van der Waals surface area contributed by atoms with E-state index in [1.807, 2.05) is 32.0 Å². The number of rotatable bonds is 6. The highest BCUT2D eigenvalue weighted by atomic mass is 16.6. The van der Waals surface area contributed by atoms with Crippen LogP contribution in [0.1, 0.15) is 25.0 Å². The zero-order valence-electron chi connectivity index (χ0n) is 17.4. The van der Waals surface area contributed by atoms with E-state index in [1.165, 1.54) is 0 Å². The van der Waals surface area contributed by atoms with Crippen LogP contribution < -0.4 is 5.32 Å². The number of aliphatic hydroxyl groups excluding tert-OH is 5. The molecule has 0 radical (unpaired) electrons. The van der Waals surface area contributed by atoms with Gasteiger partial charge in [0.05, 0.1) is 13.2 Å². The Morgan fingerprint density at radius 1 is 1.03 bits per heavy atom. The van der Waals surface area contributed by atoms with E-state index >= 15 is 0 Å². The van der Waals surface area contributed by atoms with E-state index in [2.05, 4.69) is 28.8 Å². The van der Waals surface area contributed by atoms with Crippen LogP contribution >= 0.6 is 0 Å². The van der Waals surface area contributed by atoms with Gasteiger partial charge in [-0.25, -0.2) is 0 Å². The maximum Gasteiger partial charge on any atom is 0.238 e. The van der Waals surface area contributed by atoms with Crippen LogP contribution in [0.5, 0.6) is 0 Å². The Hall–Kier alpha value is -1.59. The number of benzene rings is 1. The van der Waals surface area contributed by atoms with Crippen molar-refractivity contribution in [3.8, 4) is 0 Å². The number of aryl methyl sites for hydroxylation is 2. The van der Waals surface area contributed by atoms with Crippen LogP contribution in [-0.4, -0.2) is 93.3 Å². The molecule has 2 rings (SSSR count). The van der Waals surface area contributed by atoms with Gasteiger partial charge in [-0.3, -0.25) is 9.69 Å². The summed E-state index contributed by atoms with van der Waals surface area (Å²) in [6.45, 7) is 9.89. The van der Waals surface area contributed by atoms with E-state index in [4.69, 9.17) is 25.5 Å². The van der Waals surface area contributed by atoms with Crippen molar-refractivity contribution in [2.24, 2.45) is 0 Å². The summed E-state index contributed by atoms with van der Waals surface area (Å²) >= 11 is 0. The minimum atomic E-state index is -1.57. The van der Waals surface area contributed by atoms with Gasteiger partial charge in [-0.05, 0) is 38.1 Å². The monoisotopic (exact) mass is 414 g/mol. The fourth-order valence-electron chi connectivity index (χ4n) is 2.92. The van der Waals surface area contributed by atoms with Gasteiger partial charge in [0, 0.05) is 5.69 Å². The number of anilines is 1. The SMILES string of the molecule is CCN(CC)CC(=O)Nc1c(C)cccc1C.OC[C@H]1OC(O)[C@H](O)[C@@H](O)[C@@H]1O. The van der Waals surface area contributed by atoms with E-state index < -0.39 is 37.3 Å². The largest absolute Gasteiger partial charge is 0.394 e. The zero-order chi connectivity index (χ0) is 22.1. The third-order valence-corrected chi connectivity index (χ3v) is 4.87. The van der Waals surface area contributed by atoms with Gasteiger partial charge >= 0.3 is 0 Å². The second-order valence-corrected chi connectivity index (χ2v) is 7.00. The van der Waals surface area contributed by atoms with Crippen LogP contribution in [0.15, 0.2) is 18.2 Å². The highest BCUT2D eigenvalue weighted by molar-refractivity contribution is 5.93. The van der Waals surface area contributed by atoms with Gasteiger partial charge in [-0.15, -0.1) is 0 Å². The van der Waals surface area contributed by atoms with Crippen molar-refractivity contribution in [2.45, 2.75) is 58.4 Å². The van der Waals surface area contributed by atoms with Crippen LogP contribution in [-0.2, 0) is 9.53 Å². The van der Waals surface area contributed by atoms with Crippen molar-refractivity contribution >= 4 is 11.6 Å². The lowest BCUT2D eigenvalue weighted by molar-refractivity contribution is -0.286. The Bertz CT molecular complexity index is 614. The maximum absolute atomic E-state index is 11.9. The van der Waals surface area contributed by atoms with Gasteiger partial charge < -0.3 is 35.6 Å². The first kappa shape index (κ1) is 25.4. The molecule has 0 bridgehead atoms. The molecule has 1 heterocycles. The first-order valence-corrected chi connectivity index (χ1v) is 9.73. The van der Waals surface area contributed by atoms with Gasteiger partial charge in [0.2, 0.25) is 5.91 Å². The molecule has 5 atom stereocenters. The molecule has 1 aliphatic heterocycles. The lowest BCUT2D eigenvalue weighted by atomic mass is 10.00. The molecule has 1 amide bonds. The Kier molecular flexibility index (Phi) is 10.7. The number of carbonyl (C=O) groups excluding carboxylic acids is 1. The van der Waals surface area contributed by atoms with E-state index in [0.717, 1.165) is 29.9 Å². The Morgan fingerprint density at radius 2 is 1.59 bits per heavy atom. The van der Waals surface area contributed by atoms with Crippen molar-refractivity contribution in [1.29, 1.82) is 0 Å². The number of hydrogen-bond acceptors (Lipinski definition) is 8. The standard InChI is InChI=1S/C14H22N2O.C6H12O6/c1-5-16(6-2)10-13(17)15-14-11(3)8-7-9-12(14)4;7-1-2-3(8)4(9)5(10)6(11)12-2/h7-9H,5-6,10H2,1-4H3,(H,15,17);2-11H,1H2/t;2-,3-,4+,5-,6?/m.1/s1. The van der Waals surface area contributed by atoms with E-state index in [1.54, 1.807) is 0 Å². The molecule has 0 aromatic heterocycles. The molecule has 9 heteroatoms. The predicted molar refractivity (Wildman–Crippen MR) is 108 cm³/mol. The van der Waals surface area contributed by atoms with Crippen LogP contribution in [0.25, 0.3) is 0 Å². The van der Waals surface area contributed by atoms with Crippen LogP contribution in [0.3, 0.4) is 0 Å². The van der Waals surface area contributed by atoms with Crippen molar-refractivity contribution < 1.29 is 35.1 Å². The fraction of sp³-hybridized carbons (Fsp3) is 0.650. The number of ether oxygens (including phenoxy) is 1. The average Bonchev–Trinajstić information content (AvgIpc) is 2.70. The number of aliphatic hydroxyl groups is 5. The quantitative estimate of drug-likeness (QED) is 0.361. The molecule has 166 valence electrons. The first-order valence-electron chi connectivity index (χ1n) is 9.73. The van der Waals surface area contributed by atoms with Crippen molar-refractivity contribution in [1.82, 2.24) is 4.90 Å². The summed E-state index contributed by atoms with van der Waals surface area (Å²) in [5, 5.41) is 47.7. The predicted octanol–water partition coefficient (Wildman–Crippen LogP) is -0.638. The van der Waals surface area contributed by atoms with Gasteiger partial charge in [-0.2, -0.15) is 0 Å². The lowest BCUT2D eigenvalue weighted by Gasteiger charge is -2.37. The molecule has 0 saturated carbocycles. The van der Waals surface area contributed by atoms with Crippen molar-refractivity contribution in [3.63, 3.8) is 0 Å². The van der Waals surface area contributed by atoms with Gasteiger partial charge in [0.25, 0.3) is 0 Å². The molecule has 0 aliphatic carbocycles. The smallest absolute Gasteiger partial charge is 0.238 e. The summed E-state index contributed by atoms with van der Waals surface area (Å²) in [5.41, 5.74) is 3.17. The second-order valence-electron chi connectivity index (χ2n) is 7.00. The number of likely N-dealkylation sites (N-methyl/N-ethyl adjacent to an activating group) is 1. The number of para-hydroxylation sites is 1. The fourth-order valence-corrected chi connectivity index (χ4v) is 2.92. The van der Waals surface area contributed by atoms with Gasteiger partial charge in [-0.1, -0.05) is 32.0 Å². The highest BCUT2D eigenvalue weighted by Gasteiger charge is 2.42. The molecule has 1 aliphatic rings. The summed E-state index contributed by atoms with van der Waals surface area (Å²) in [5.74, 6) is 0.0612. The third kappa shape index (κ3) is 7.31. The normalized spacial score (nSPS) is 26.6. The molecular formula is C20H34N2O7. The summed E-state index contributed by atoms with van der Waals surface area (Å²) < 4.78 is 4.58. The minimum absolute atomic E-state index is 0.0612. The number of amides is 1. The van der Waals surface area contributed by atoms with E-state index in [-0.39, 0.29) is 5.91 Å². The Labute approximate surface area is 171 Å². The number of nitrogens with one attached hydrogen (secondary N) is 1. The summed E-state index contributed by atoms with van der Waals surface area (Å²) in [6, 6.07) is 6.03. The minimum Gasteiger partial charge on any atom is -0.394 e. The molecule has 1 aromatic rings. The first-order chi connectivity index (χ1) is 13.7. The van der Waals surface area contributed by atoms with E-state index in [0.29, 0.717) is 6.54 Å². The Morgan fingerprint density at radius 3 is 2.07 bits per heavy atom. The zero-order valence-corrected chi connectivity index (χ0v) is 17.4. The molecule has 29 heavy (non-hydrogen) atoms. The maximum atomic E-state index is 11.9. The summed E-state index contributed by atoms with van der Waals surface area (Å²) in [4.78, 5) is 14.0. The molecule has 1 aromatic carbocycles. The Balaban J connectivity index is 0.000000308. The molecule has 9 nitrogen and oxygen atoms in total. The topological polar surface area (TPSA) is 143 Å². The van der Waals surface area contributed by atoms with E-state index in [9.17, 15) is 4.79 Å². The van der Waals surface area contributed by atoms with Gasteiger partial charge in [0.1, 0.15) is 24.4 Å². The molecule has 1 unspecified atom stereocenters. The number of hydrogen-bond donors (Lipinski definition) is 6. The molecular weight excluding hydrogens is 380 g/mol. The van der Waals surface area contributed by atoms with Crippen LogP contribution in [0, 0.1) is 13.8 Å². The van der Waals surface area contributed by atoms with Crippen LogP contribution in [0.4, 0.5) is 5.69 Å². The van der Waals surface area contributed by atoms with Crippen molar-refractivity contribution in [3.05, 3.63) is 29.3 Å². The molecule has 1 saturated heterocycles. The van der Waals surface area contributed by atoms with Gasteiger partial charge in [0.15, 0.2) is 6.29 Å². The molecule has 0 spiro atoms. The molecule has 6 N–H and O–H groups in total. The number of nitrogens with zero attached hydrogens (tertiary/aromatic N) is 1. The summed E-state index contributed by atoms with van der Waals surface area (Å²) in [7, 11) is 0.